The molecule has 0 spiro atoms. The van der Waals surface area contributed by atoms with E-state index in [1.807, 2.05) is 20.8 Å². The highest BCUT2D eigenvalue weighted by molar-refractivity contribution is 5.70. The largest absolute Gasteiger partial charge is 0.436 e. The minimum Gasteiger partial charge on any atom is -0.436 e. The van der Waals surface area contributed by atoms with Crippen LogP contribution in [0.4, 0.5) is 4.79 Å². The van der Waals surface area contributed by atoms with Crippen LogP contribution in [0.3, 0.4) is 0 Å². The summed E-state index contributed by atoms with van der Waals surface area (Å²) in [5, 5.41) is 0. The molecule has 1 saturated heterocycles. The predicted molar refractivity (Wildman–Crippen MR) is 62.4 cm³/mol. The van der Waals surface area contributed by atoms with E-state index >= 15 is 0 Å². The number of rotatable bonds is 1. The number of nitrogens with zero attached hydrogens (tertiary/aromatic N) is 1. The zero-order valence-corrected chi connectivity index (χ0v) is 10.2. The summed E-state index contributed by atoms with van der Waals surface area (Å²) in [6.45, 7) is 6.67. The van der Waals surface area contributed by atoms with E-state index in [1.54, 1.807) is 11.9 Å². The van der Waals surface area contributed by atoms with Gasteiger partial charge >= 0.3 is 6.09 Å². The van der Waals surface area contributed by atoms with E-state index < -0.39 is 5.60 Å². The Labute approximate surface area is 96.0 Å². The average Bonchev–Trinajstić information content (AvgIpc) is 2.46. The zero-order chi connectivity index (χ0) is 11.9. The van der Waals surface area contributed by atoms with E-state index in [0.29, 0.717) is 6.54 Å². The highest BCUT2D eigenvalue weighted by Crippen LogP contribution is 2.34. The van der Waals surface area contributed by atoms with Gasteiger partial charge < -0.3 is 9.64 Å². The van der Waals surface area contributed by atoms with Crippen molar-refractivity contribution in [1.29, 1.82) is 0 Å². The first-order chi connectivity index (χ1) is 7.42. The van der Waals surface area contributed by atoms with Crippen molar-refractivity contribution in [2.45, 2.75) is 26.4 Å². The Morgan fingerprint density at radius 3 is 2.62 bits per heavy atom. The second kappa shape index (κ2) is 3.51. The molecule has 2 rings (SSSR count). The summed E-state index contributed by atoms with van der Waals surface area (Å²) in [4.78, 5) is 13.1. The molecule has 0 aliphatic carbocycles. The highest BCUT2D eigenvalue weighted by atomic mass is 16.6. The van der Waals surface area contributed by atoms with Crippen LogP contribution in [0, 0.1) is 13.8 Å². The number of carbonyl (C=O) groups is 1. The van der Waals surface area contributed by atoms with Crippen molar-refractivity contribution in [3.63, 3.8) is 0 Å². The number of likely N-dealkylation sites (N-methyl/N-ethyl adjacent to an activating group) is 1. The minimum absolute atomic E-state index is 0.247. The number of amides is 1. The molecule has 0 N–H and O–H groups in total. The fourth-order valence-electron chi connectivity index (χ4n) is 2.27. The molecule has 1 aromatic carbocycles. The van der Waals surface area contributed by atoms with E-state index in [9.17, 15) is 4.79 Å². The molecule has 3 nitrogen and oxygen atoms in total. The van der Waals surface area contributed by atoms with Gasteiger partial charge in [0.1, 0.15) is 0 Å². The maximum atomic E-state index is 11.5. The van der Waals surface area contributed by atoms with Gasteiger partial charge in [-0.2, -0.15) is 0 Å². The van der Waals surface area contributed by atoms with Crippen LogP contribution in [0.15, 0.2) is 18.2 Å². The summed E-state index contributed by atoms with van der Waals surface area (Å²) in [5.41, 5.74) is 2.94. The van der Waals surface area contributed by atoms with E-state index in [0.717, 1.165) is 11.1 Å². The van der Waals surface area contributed by atoms with Crippen molar-refractivity contribution >= 4 is 6.09 Å². The molecule has 1 amide bonds. The third-order valence-corrected chi connectivity index (χ3v) is 3.13. The molecule has 1 aliphatic rings. The first-order valence-corrected chi connectivity index (χ1v) is 5.44. The van der Waals surface area contributed by atoms with Crippen molar-refractivity contribution in [1.82, 2.24) is 4.90 Å². The lowest BCUT2D eigenvalue weighted by Crippen LogP contribution is -2.28. The molecule has 3 heteroatoms. The van der Waals surface area contributed by atoms with E-state index in [4.69, 9.17) is 4.74 Å². The van der Waals surface area contributed by atoms with Crippen LogP contribution in [0.5, 0.6) is 0 Å². The van der Waals surface area contributed by atoms with Crippen molar-refractivity contribution in [3.8, 4) is 0 Å². The predicted octanol–water partition coefficient (Wildman–Crippen LogP) is 2.60. The molecule has 0 radical (unpaired) electrons. The third-order valence-electron chi connectivity index (χ3n) is 3.13. The summed E-state index contributed by atoms with van der Waals surface area (Å²) in [7, 11) is 1.76. The molecule has 1 aliphatic heterocycles. The molecule has 1 fully saturated rings. The van der Waals surface area contributed by atoms with Gasteiger partial charge in [0.05, 0.1) is 6.54 Å². The van der Waals surface area contributed by atoms with E-state index in [2.05, 4.69) is 18.2 Å². The molecule has 16 heavy (non-hydrogen) atoms. The van der Waals surface area contributed by atoms with Gasteiger partial charge in [0.2, 0.25) is 0 Å². The molecule has 1 unspecified atom stereocenters. The van der Waals surface area contributed by atoms with Crippen LogP contribution in [0.25, 0.3) is 0 Å². The number of cyclic esters (lactones) is 1. The van der Waals surface area contributed by atoms with Crippen LogP contribution in [0.2, 0.25) is 0 Å². The van der Waals surface area contributed by atoms with Gasteiger partial charge in [-0.05, 0) is 26.3 Å². The fraction of sp³-hybridized carbons (Fsp3) is 0.462. The second-order valence-corrected chi connectivity index (χ2v) is 4.77. The van der Waals surface area contributed by atoms with Gasteiger partial charge in [0.25, 0.3) is 0 Å². The number of carbonyl (C=O) groups excluding carboxylic acids is 1. The van der Waals surface area contributed by atoms with Gasteiger partial charge in [-0.3, -0.25) is 0 Å². The molecular weight excluding hydrogens is 202 g/mol. The van der Waals surface area contributed by atoms with E-state index in [1.165, 1.54) is 5.56 Å². The maximum Gasteiger partial charge on any atom is 0.410 e. The third kappa shape index (κ3) is 1.66. The van der Waals surface area contributed by atoms with Crippen LogP contribution in [-0.2, 0) is 10.3 Å². The Kier molecular flexibility index (Phi) is 2.41. The number of hydrogen-bond donors (Lipinski definition) is 0. The SMILES string of the molecule is Cc1ccc(C)c(C2(C)CN(C)C(=O)O2)c1. The lowest BCUT2D eigenvalue weighted by molar-refractivity contribution is 0.0696. The molecule has 86 valence electrons. The van der Waals surface area contributed by atoms with Crippen LogP contribution < -0.4 is 0 Å². The normalized spacial score (nSPS) is 24.8. The van der Waals surface area contributed by atoms with Crippen molar-refractivity contribution in [3.05, 3.63) is 34.9 Å². The van der Waals surface area contributed by atoms with Crippen LogP contribution >= 0.6 is 0 Å². The second-order valence-electron chi connectivity index (χ2n) is 4.77. The Hall–Kier alpha value is -1.51. The monoisotopic (exact) mass is 219 g/mol. The lowest BCUT2D eigenvalue weighted by Gasteiger charge is -2.24. The van der Waals surface area contributed by atoms with Crippen molar-refractivity contribution in [2.75, 3.05) is 13.6 Å². The molecule has 0 saturated carbocycles. The quantitative estimate of drug-likeness (QED) is 0.726. The van der Waals surface area contributed by atoms with Crippen LogP contribution in [0.1, 0.15) is 23.6 Å². The van der Waals surface area contributed by atoms with Gasteiger partial charge in [-0.25, -0.2) is 4.79 Å². The van der Waals surface area contributed by atoms with Gasteiger partial charge in [-0.1, -0.05) is 23.8 Å². The number of benzene rings is 1. The van der Waals surface area contributed by atoms with Crippen LogP contribution in [-0.4, -0.2) is 24.6 Å². The zero-order valence-electron chi connectivity index (χ0n) is 10.2. The minimum atomic E-state index is -0.512. The summed E-state index contributed by atoms with van der Waals surface area (Å²) in [6.07, 6.45) is -0.247. The summed E-state index contributed by atoms with van der Waals surface area (Å²) in [5.74, 6) is 0. The molecule has 1 heterocycles. The Balaban J connectivity index is 2.44. The Morgan fingerprint density at radius 2 is 2.06 bits per heavy atom. The Morgan fingerprint density at radius 1 is 1.38 bits per heavy atom. The average molecular weight is 219 g/mol. The van der Waals surface area contributed by atoms with E-state index in [-0.39, 0.29) is 6.09 Å². The summed E-state index contributed by atoms with van der Waals surface area (Å²) in [6, 6.07) is 6.24. The molecule has 1 atom stereocenters. The number of ether oxygens (including phenoxy) is 1. The van der Waals surface area contributed by atoms with Gasteiger partial charge in [0, 0.05) is 12.6 Å². The fourth-order valence-corrected chi connectivity index (χ4v) is 2.27. The van der Waals surface area contributed by atoms with Gasteiger partial charge in [-0.15, -0.1) is 0 Å². The number of hydrogen-bond acceptors (Lipinski definition) is 2. The molecule has 0 aromatic heterocycles. The Bertz CT molecular complexity index is 442. The maximum absolute atomic E-state index is 11.5. The highest BCUT2D eigenvalue weighted by Gasteiger charge is 2.41. The first kappa shape index (κ1) is 11.0. The first-order valence-electron chi connectivity index (χ1n) is 5.44. The molecule has 1 aromatic rings. The lowest BCUT2D eigenvalue weighted by atomic mass is 9.90. The number of aryl methyl sites for hydroxylation is 2. The standard InChI is InChI=1S/C13H17NO2/c1-9-5-6-10(2)11(7-9)13(3)8-14(4)12(15)16-13/h5-7H,8H2,1-4H3. The smallest absolute Gasteiger partial charge is 0.410 e. The topological polar surface area (TPSA) is 29.5 Å². The van der Waals surface area contributed by atoms with Gasteiger partial charge in [0.15, 0.2) is 5.60 Å². The van der Waals surface area contributed by atoms with Crippen molar-refractivity contribution < 1.29 is 9.53 Å². The summed E-state index contributed by atoms with van der Waals surface area (Å²) < 4.78 is 5.47. The molecule has 0 bridgehead atoms. The molecular formula is C13H17NO2. The summed E-state index contributed by atoms with van der Waals surface area (Å²) >= 11 is 0. The van der Waals surface area contributed by atoms with Crippen molar-refractivity contribution in [2.24, 2.45) is 0 Å².